The number of nitriles is 1. The molecule has 0 saturated carbocycles. The second kappa shape index (κ2) is 3.64. The lowest BCUT2D eigenvalue weighted by Crippen LogP contribution is -1.77. The second-order valence-electron chi connectivity index (χ2n) is 2.69. The average Bonchev–Trinajstić information content (AvgIpc) is 2.65. The minimum atomic E-state index is 0.447. The van der Waals surface area contributed by atoms with E-state index in [1.807, 2.05) is 30.3 Å². The van der Waals surface area contributed by atoms with Crippen LogP contribution in [0.5, 0.6) is 0 Å². The summed E-state index contributed by atoms with van der Waals surface area (Å²) in [5, 5.41) is 12.4. The number of halogens is 1. The van der Waals surface area contributed by atoms with Crippen molar-refractivity contribution in [3.8, 4) is 17.4 Å². The van der Waals surface area contributed by atoms with Crippen molar-refractivity contribution in [2.24, 2.45) is 0 Å². The molecule has 1 heterocycles. The minimum absolute atomic E-state index is 0.447. The molecule has 14 heavy (non-hydrogen) atoms. The van der Waals surface area contributed by atoms with Gasteiger partial charge in [-0.05, 0) is 12.1 Å². The highest BCUT2D eigenvalue weighted by atomic mass is 79.9. The number of rotatable bonds is 1. The Morgan fingerprint density at radius 3 is 3.00 bits per heavy atom. The van der Waals surface area contributed by atoms with E-state index in [1.54, 1.807) is 0 Å². The molecule has 3 nitrogen and oxygen atoms in total. The van der Waals surface area contributed by atoms with Crippen LogP contribution < -0.4 is 0 Å². The van der Waals surface area contributed by atoms with E-state index in [0.29, 0.717) is 11.3 Å². The lowest BCUT2D eigenvalue weighted by molar-refractivity contribution is 0.432. The number of nitrogens with zero attached hydrogens (tertiary/aromatic N) is 2. The van der Waals surface area contributed by atoms with E-state index in [0.717, 1.165) is 10.0 Å². The smallest absolute Gasteiger partial charge is 0.184 e. The fraction of sp³-hybridized carbons (Fsp3) is 0. The Bertz CT molecular complexity index is 499. The lowest BCUT2D eigenvalue weighted by atomic mass is 10.1. The van der Waals surface area contributed by atoms with Crippen LogP contribution in [-0.4, -0.2) is 5.16 Å². The molecule has 0 radical (unpaired) electrons. The van der Waals surface area contributed by atoms with Crippen molar-refractivity contribution in [1.82, 2.24) is 5.16 Å². The molecule has 2 aromatic rings. The Balaban J connectivity index is 2.56. The van der Waals surface area contributed by atoms with Crippen molar-refractivity contribution < 1.29 is 4.52 Å². The Labute approximate surface area is 89.1 Å². The molecule has 0 spiro atoms. The summed E-state index contributed by atoms with van der Waals surface area (Å²) in [5.41, 5.74) is 1.29. The highest BCUT2D eigenvalue weighted by Crippen LogP contribution is 2.25. The molecule has 1 aromatic heterocycles. The van der Waals surface area contributed by atoms with Crippen LogP contribution in [0.2, 0.25) is 0 Å². The van der Waals surface area contributed by atoms with Crippen molar-refractivity contribution in [1.29, 1.82) is 5.26 Å². The van der Waals surface area contributed by atoms with E-state index in [1.165, 1.54) is 6.20 Å². The van der Waals surface area contributed by atoms with Crippen LogP contribution >= 0.6 is 15.9 Å². The molecule has 68 valence electrons. The summed E-state index contributed by atoms with van der Waals surface area (Å²) in [6, 6.07) is 9.55. The third-order valence-electron chi connectivity index (χ3n) is 1.78. The summed E-state index contributed by atoms with van der Waals surface area (Å²) in [4.78, 5) is 0. The monoisotopic (exact) mass is 248 g/mol. The quantitative estimate of drug-likeness (QED) is 0.780. The molecule has 4 heteroatoms. The lowest BCUT2D eigenvalue weighted by Gasteiger charge is -1.96. The Kier molecular flexibility index (Phi) is 2.33. The zero-order valence-electron chi connectivity index (χ0n) is 7.07. The first kappa shape index (κ1) is 8.97. The van der Waals surface area contributed by atoms with Gasteiger partial charge in [0.05, 0.1) is 6.20 Å². The standard InChI is InChI=1S/C10H5BrN2O/c11-9-3-1-2-7(4-9)10-8(5-12)6-13-14-10/h1-4,6H. The second-order valence-corrected chi connectivity index (χ2v) is 3.61. The van der Waals surface area contributed by atoms with E-state index in [9.17, 15) is 0 Å². The SMILES string of the molecule is N#Cc1cnoc1-c1cccc(Br)c1. The predicted molar refractivity (Wildman–Crippen MR) is 54.4 cm³/mol. The van der Waals surface area contributed by atoms with E-state index in [4.69, 9.17) is 9.78 Å². The van der Waals surface area contributed by atoms with Gasteiger partial charge < -0.3 is 4.52 Å². The minimum Gasteiger partial charge on any atom is -0.355 e. The van der Waals surface area contributed by atoms with Gasteiger partial charge in [-0.15, -0.1) is 0 Å². The summed E-state index contributed by atoms with van der Waals surface area (Å²) >= 11 is 3.35. The zero-order chi connectivity index (χ0) is 9.97. The van der Waals surface area contributed by atoms with Gasteiger partial charge in [-0.25, -0.2) is 0 Å². The van der Waals surface area contributed by atoms with Crippen molar-refractivity contribution >= 4 is 15.9 Å². The van der Waals surface area contributed by atoms with Crippen molar-refractivity contribution in [2.45, 2.75) is 0 Å². The molecule has 0 aliphatic heterocycles. The fourth-order valence-corrected chi connectivity index (χ4v) is 1.56. The molecule has 2 rings (SSSR count). The Morgan fingerprint density at radius 1 is 1.43 bits per heavy atom. The number of benzene rings is 1. The van der Waals surface area contributed by atoms with Crippen LogP contribution in [0.1, 0.15) is 5.56 Å². The molecule has 0 fully saturated rings. The van der Waals surface area contributed by atoms with Crippen molar-refractivity contribution in [3.05, 3.63) is 40.5 Å². The summed E-state index contributed by atoms with van der Waals surface area (Å²) in [5.74, 6) is 0.508. The number of hydrogen-bond acceptors (Lipinski definition) is 3. The van der Waals surface area contributed by atoms with Gasteiger partial charge in [0.1, 0.15) is 11.6 Å². The Hall–Kier alpha value is -1.60. The first-order valence-electron chi connectivity index (χ1n) is 3.92. The van der Waals surface area contributed by atoms with E-state index >= 15 is 0 Å². The molecule has 1 aromatic carbocycles. The first-order valence-corrected chi connectivity index (χ1v) is 4.71. The molecule has 0 aliphatic rings. The van der Waals surface area contributed by atoms with Gasteiger partial charge in [0, 0.05) is 10.0 Å². The highest BCUT2D eigenvalue weighted by molar-refractivity contribution is 9.10. The van der Waals surface area contributed by atoms with Gasteiger partial charge in [0.15, 0.2) is 5.76 Å². The largest absolute Gasteiger partial charge is 0.355 e. The Morgan fingerprint density at radius 2 is 2.29 bits per heavy atom. The van der Waals surface area contributed by atoms with Gasteiger partial charge in [-0.1, -0.05) is 33.2 Å². The molecule has 0 atom stereocenters. The summed E-state index contributed by atoms with van der Waals surface area (Å²) in [6.45, 7) is 0. The maximum absolute atomic E-state index is 8.78. The van der Waals surface area contributed by atoms with Gasteiger partial charge in [0.2, 0.25) is 0 Å². The van der Waals surface area contributed by atoms with E-state index in [2.05, 4.69) is 21.1 Å². The molecular weight excluding hydrogens is 244 g/mol. The van der Waals surface area contributed by atoms with Crippen LogP contribution in [0.3, 0.4) is 0 Å². The molecule has 0 N–H and O–H groups in total. The van der Waals surface area contributed by atoms with Gasteiger partial charge in [-0.3, -0.25) is 0 Å². The molecule has 0 bridgehead atoms. The molecular formula is C10H5BrN2O. The maximum atomic E-state index is 8.78. The van der Waals surface area contributed by atoms with Crippen molar-refractivity contribution in [3.63, 3.8) is 0 Å². The highest BCUT2D eigenvalue weighted by Gasteiger charge is 2.09. The summed E-state index contributed by atoms with van der Waals surface area (Å²) in [6.07, 6.45) is 1.41. The third kappa shape index (κ3) is 1.54. The van der Waals surface area contributed by atoms with Gasteiger partial charge in [-0.2, -0.15) is 5.26 Å². The summed E-state index contributed by atoms with van der Waals surface area (Å²) < 4.78 is 5.94. The van der Waals surface area contributed by atoms with Crippen LogP contribution in [0.15, 0.2) is 39.5 Å². The number of aromatic nitrogens is 1. The fourth-order valence-electron chi connectivity index (χ4n) is 1.16. The molecule has 0 aliphatic carbocycles. The average molecular weight is 249 g/mol. The first-order chi connectivity index (χ1) is 6.81. The van der Waals surface area contributed by atoms with Crippen LogP contribution in [0.4, 0.5) is 0 Å². The van der Waals surface area contributed by atoms with E-state index in [-0.39, 0.29) is 0 Å². The third-order valence-corrected chi connectivity index (χ3v) is 2.27. The molecule has 0 amide bonds. The maximum Gasteiger partial charge on any atom is 0.184 e. The zero-order valence-corrected chi connectivity index (χ0v) is 8.65. The molecule has 0 unspecified atom stereocenters. The molecule has 0 saturated heterocycles. The summed E-state index contributed by atoms with van der Waals surface area (Å²) in [7, 11) is 0. The topological polar surface area (TPSA) is 49.8 Å². The van der Waals surface area contributed by atoms with Crippen LogP contribution in [-0.2, 0) is 0 Å². The van der Waals surface area contributed by atoms with Gasteiger partial charge >= 0.3 is 0 Å². The number of hydrogen-bond donors (Lipinski definition) is 0. The normalized spacial score (nSPS) is 9.71. The van der Waals surface area contributed by atoms with Crippen molar-refractivity contribution in [2.75, 3.05) is 0 Å². The van der Waals surface area contributed by atoms with E-state index < -0.39 is 0 Å². The van der Waals surface area contributed by atoms with Gasteiger partial charge in [0.25, 0.3) is 0 Å². The van der Waals surface area contributed by atoms with Crippen LogP contribution in [0, 0.1) is 11.3 Å². The predicted octanol–water partition coefficient (Wildman–Crippen LogP) is 2.98. The van der Waals surface area contributed by atoms with Crippen LogP contribution in [0.25, 0.3) is 11.3 Å².